The first-order valence-electron chi connectivity index (χ1n) is 6.18. The summed E-state index contributed by atoms with van der Waals surface area (Å²) in [7, 11) is 0. The maximum absolute atomic E-state index is 12.4. The molecule has 19 heavy (non-hydrogen) atoms. The molecule has 0 aliphatic heterocycles. The number of carbonyl (C=O) groups excluding carboxylic acids is 3. The van der Waals surface area contributed by atoms with Crippen molar-refractivity contribution in [3.05, 3.63) is 22.7 Å². The molecule has 0 amide bonds. The zero-order valence-corrected chi connectivity index (χ0v) is 11.5. The zero-order chi connectivity index (χ0) is 15.0. The van der Waals surface area contributed by atoms with Crippen molar-refractivity contribution in [3.8, 4) is 0 Å². The van der Waals surface area contributed by atoms with Gasteiger partial charge in [-0.2, -0.15) is 0 Å². The molecular formula is C14H18O5. The minimum atomic E-state index is -1.30. The van der Waals surface area contributed by atoms with Gasteiger partial charge < -0.3 is 10.2 Å². The summed E-state index contributed by atoms with van der Waals surface area (Å²) in [5, 5.41) is 20.2. The smallest absolute Gasteiger partial charge is 0.183 e. The van der Waals surface area contributed by atoms with Crippen molar-refractivity contribution in [1.29, 1.82) is 0 Å². The van der Waals surface area contributed by atoms with Crippen LogP contribution in [-0.2, 0) is 14.4 Å². The van der Waals surface area contributed by atoms with E-state index in [-0.39, 0.29) is 18.4 Å². The molecule has 0 spiro atoms. The maximum atomic E-state index is 12.4. The number of carbonyl (C=O) groups is 3. The van der Waals surface area contributed by atoms with Gasteiger partial charge in [0.2, 0.25) is 0 Å². The first-order chi connectivity index (χ1) is 8.74. The SMILES string of the molecule is CCC1(CC)C(=O)C(C(C)=O)=C(O)C(C(C)=O)=C1O. The first-order valence-corrected chi connectivity index (χ1v) is 6.18. The quantitative estimate of drug-likeness (QED) is 0.761. The molecule has 0 aromatic rings. The Morgan fingerprint density at radius 1 is 1.00 bits per heavy atom. The normalized spacial score (nSPS) is 18.8. The molecule has 0 aromatic carbocycles. The highest BCUT2D eigenvalue weighted by Gasteiger charge is 2.49. The maximum Gasteiger partial charge on any atom is 0.183 e. The van der Waals surface area contributed by atoms with E-state index < -0.39 is 39.9 Å². The van der Waals surface area contributed by atoms with Gasteiger partial charge in [0.05, 0.1) is 11.0 Å². The van der Waals surface area contributed by atoms with Gasteiger partial charge in [-0.15, -0.1) is 0 Å². The Balaban J connectivity index is 3.75. The summed E-state index contributed by atoms with van der Waals surface area (Å²) in [6.45, 7) is 5.70. The highest BCUT2D eigenvalue weighted by atomic mass is 16.3. The molecule has 0 fully saturated rings. The zero-order valence-electron chi connectivity index (χ0n) is 11.5. The van der Waals surface area contributed by atoms with Crippen LogP contribution < -0.4 is 0 Å². The van der Waals surface area contributed by atoms with E-state index in [4.69, 9.17) is 0 Å². The molecule has 5 nitrogen and oxygen atoms in total. The first kappa shape index (κ1) is 15.1. The fourth-order valence-corrected chi connectivity index (χ4v) is 2.50. The predicted molar refractivity (Wildman–Crippen MR) is 68.7 cm³/mol. The summed E-state index contributed by atoms with van der Waals surface area (Å²) >= 11 is 0. The molecule has 0 saturated carbocycles. The Morgan fingerprint density at radius 2 is 1.42 bits per heavy atom. The van der Waals surface area contributed by atoms with Gasteiger partial charge in [-0.25, -0.2) is 0 Å². The highest BCUT2D eigenvalue weighted by molar-refractivity contribution is 6.25. The number of rotatable bonds is 4. The average molecular weight is 266 g/mol. The Bertz CT molecular complexity index is 518. The van der Waals surface area contributed by atoms with Gasteiger partial charge in [0, 0.05) is 0 Å². The minimum Gasteiger partial charge on any atom is -0.510 e. The lowest BCUT2D eigenvalue weighted by molar-refractivity contribution is -0.128. The van der Waals surface area contributed by atoms with Crippen LogP contribution in [0.3, 0.4) is 0 Å². The summed E-state index contributed by atoms with van der Waals surface area (Å²) in [6, 6.07) is 0. The molecule has 0 atom stereocenters. The van der Waals surface area contributed by atoms with Crippen molar-refractivity contribution in [2.24, 2.45) is 5.41 Å². The van der Waals surface area contributed by atoms with Gasteiger partial charge in [-0.05, 0) is 26.7 Å². The summed E-state index contributed by atoms with van der Waals surface area (Å²) in [5.74, 6) is -2.95. The van der Waals surface area contributed by atoms with Crippen molar-refractivity contribution >= 4 is 17.3 Å². The van der Waals surface area contributed by atoms with Crippen LogP contribution in [0, 0.1) is 5.41 Å². The molecule has 1 aliphatic carbocycles. The van der Waals surface area contributed by atoms with E-state index in [1.807, 2.05) is 0 Å². The van der Waals surface area contributed by atoms with Gasteiger partial charge in [0.15, 0.2) is 17.3 Å². The van der Waals surface area contributed by atoms with Crippen molar-refractivity contribution < 1.29 is 24.6 Å². The third kappa shape index (κ3) is 1.99. The van der Waals surface area contributed by atoms with E-state index in [1.165, 1.54) is 6.92 Å². The number of allylic oxidation sites excluding steroid dienone is 3. The Kier molecular flexibility index (Phi) is 3.98. The third-order valence-electron chi connectivity index (χ3n) is 3.74. The topological polar surface area (TPSA) is 91.7 Å². The molecule has 5 heteroatoms. The van der Waals surface area contributed by atoms with E-state index >= 15 is 0 Å². The Hall–Kier alpha value is -1.91. The highest BCUT2D eigenvalue weighted by Crippen LogP contribution is 2.44. The van der Waals surface area contributed by atoms with Crippen LogP contribution in [0.5, 0.6) is 0 Å². The number of ketones is 3. The second-order valence-corrected chi connectivity index (χ2v) is 4.68. The van der Waals surface area contributed by atoms with Crippen LogP contribution in [0.2, 0.25) is 0 Å². The van der Waals surface area contributed by atoms with Gasteiger partial charge in [0.1, 0.15) is 17.1 Å². The van der Waals surface area contributed by atoms with E-state index in [9.17, 15) is 24.6 Å². The molecular weight excluding hydrogens is 248 g/mol. The van der Waals surface area contributed by atoms with Gasteiger partial charge >= 0.3 is 0 Å². The lowest BCUT2D eigenvalue weighted by Crippen LogP contribution is -2.40. The van der Waals surface area contributed by atoms with Crippen LogP contribution in [0.15, 0.2) is 22.7 Å². The standard InChI is InChI=1S/C14H18O5/c1-5-14(6-2)12(18)9(7(3)15)11(17)10(8(4)16)13(14)19/h17-18H,5-6H2,1-4H3. The van der Waals surface area contributed by atoms with Gasteiger partial charge in [0.25, 0.3) is 0 Å². The molecule has 0 radical (unpaired) electrons. The van der Waals surface area contributed by atoms with E-state index in [0.717, 1.165) is 6.92 Å². The van der Waals surface area contributed by atoms with E-state index in [1.54, 1.807) is 13.8 Å². The van der Waals surface area contributed by atoms with E-state index in [2.05, 4.69) is 0 Å². The van der Waals surface area contributed by atoms with Crippen LogP contribution in [0.1, 0.15) is 40.5 Å². The molecule has 0 unspecified atom stereocenters. The molecule has 0 aromatic heterocycles. The van der Waals surface area contributed by atoms with Crippen LogP contribution in [0.25, 0.3) is 0 Å². The van der Waals surface area contributed by atoms with Crippen molar-refractivity contribution in [3.63, 3.8) is 0 Å². The summed E-state index contributed by atoms with van der Waals surface area (Å²) in [6.07, 6.45) is 0.490. The van der Waals surface area contributed by atoms with Crippen molar-refractivity contribution in [1.82, 2.24) is 0 Å². The summed E-state index contributed by atoms with van der Waals surface area (Å²) < 4.78 is 0. The predicted octanol–water partition coefficient (Wildman–Crippen LogP) is 2.18. The van der Waals surface area contributed by atoms with Gasteiger partial charge in [-0.3, -0.25) is 14.4 Å². The minimum absolute atomic E-state index is 0.245. The second-order valence-electron chi connectivity index (χ2n) is 4.68. The Morgan fingerprint density at radius 3 is 1.74 bits per heavy atom. The number of hydrogen-bond donors (Lipinski definition) is 2. The fourth-order valence-electron chi connectivity index (χ4n) is 2.50. The monoisotopic (exact) mass is 266 g/mol. The third-order valence-corrected chi connectivity index (χ3v) is 3.74. The van der Waals surface area contributed by atoms with E-state index in [0.29, 0.717) is 0 Å². The lowest BCUT2D eigenvalue weighted by Gasteiger charge is -2.34. The molecule has 0 saturated heterocycles. The number of aliphatic hydroxyl groups excluding tert-OH is 2. The van der Waals surface area contributed by atoms with Crippen LogP contribution in [-0.4, -0.2) is 27.6 Å². The van der Waals surface area contributed by atoms with Crippen molar-refractivity contribution in [2.45, 2.75) is 40.5 Å². The number of Topliss-reactive ketones (excluding diaryl/α,β-unsaturated/α-hetero) is 3. The lowest BCUT2D eigenvalue weighted by atomic mass is 9.68. The number of aliphatic hydroxyl groups is 2. The second kappa shape index (κ2) is 4.99. The molecule has 0 bridgehead atoms. The van der Waals surface area contributed by atoms with Crippen LogP contribution >= 0.6 is 0 Å². The van der Waals surface area contributed by atoms with Crippen LogP contribution in [0.4, 0.5) is 0 Å². The summed E-state index contributed by atoms with van der Waals surface area (Å²) in [4.78, 5) is 35.5. The fraction of sp³-hybridized carbons (Fsp3) is 0.500. The Labute approximate surface area is 111 Å². The number of hydrogen-bond acceptors (Lipinski definition) is 5. The average Bonchev–Trinajstić information content (AvgIpc) is 2.29. The van der Waals surface area contributed by atoms with Crippen molar-refractivity contribution in [2.75, 3.05) is 0 Å². The molecule has 1 aliphatic rings. The molecule has 1 rings (SSSR count). The molecule has 0 heterocycles. The molecule has 2 N–H and O–H groups in total. The summed E-state index contributed by atoms with van der Waals surface area (Å²) in [5.41, 5.74) is -2.02. The largest absolute Gasteiger partial charge is 0.510 e. The van der Waals surface area contributed by atoms with Gasteiger partial charge in [-0.1, -0.05) is 13.8 Å². The molecule has 104 valence electrons.